The molecule has 1 atom stereocenters. The first-order valence-corrected chi connectivity index (χ1v) is 30.8. The zero-order valence-electron chi connectivity index (χ0n) is 46.8. The number of aliphatic hydroxyl groups is 1. The molecular weight excluding hydrogens is 861 g/mol. The highest BCUT2D eigenvalue weighted by molar-refractivity contribution is 5.70. The number of carbonyl (C=O) groups is 2. The van der Waals surface area contributed by atoms with E-state index in [9.17, 15) is 14.7 Å². The lowest BCUT2D eigenvalue weighted by Gasteiger charge is -2.15. The summed E-state index contributed by atoms with van der Waals surface area (Å²) >= 11 is 0. The molecule has 5 nitrogen and oxygen atoms in total. The van der Waals surface area contributed by atoms with Crippen molar-refractivity contribution in [2.75, 3.05) is 13.2 Å². The number of aliphatic hydroxyl groups excluding tert-OH is 1. The third kappa shape index (κ3) is 58.2. The predicted molar refractivity (Wildman–Crippen MR) is 307 cm³/mol. The lowest BCUT2D eigenvalue weighted by atomic mass is 10.0. The van der Waals surface area contributed by atoms with E-state index in [0.717, 1.165) is 64.2 Å². The van der Waals surface area contributed by atoms with Crippen molar-refractivity contribution in [3.63, 3.8) is 0 Å². The van der Waals surface area contributed by atoms with Gasteiger partial charge >= 0.3 is 11.9 Å². The number of hydrogen-bond donors (Lipinski definition) is 1. The molecule has 0 fully saturated rings. The molecule has 1 unspecified atom stereocenters. The van der Waals surface area contributed by atoms with Crippen LogP contribution in [0.4, 0.5) is 0 Å². The Hall–Kier alpha value is -2.40. The molecule has 1 N–H and O–H groups in total. The van der Waals surface area contributed by atoms with Gasteiger partial charge in [0.25, 0.3) is 0 Å². The molecule has 0 heterocycles. The Balaban J connectivity index is 3.42. The second kappa shape index (κ2) is 60.9. The first-order valence-electron chi connectivity index (χ1n) is 30.8. The minimum atomic E-state index is -0.770. The lowest BCUT2D eigenvalue weighted by Crippen LogP contribution is -2.28. The smallest absolute Gasteiger partial charge is 0.306 e. The summed E-state index contributed by atoms with van der Waals surface area (Å²) in [7, 11) is 0. The Bertz CT molecular complexity index is 1200. The third-order valence-electron chi connectivity index (χ3n) is 13.8. The summed E-state index contributed by atoms with van der Waals surface area (Å²) in [6.07, 6.45) is 82.2. The predicted octanol–water partition coefficient (Wildman–Crippen LogP) is 21.0. The molecule has 0 aromatic heterocycles. The van der Waals surface area contributed by atoms with Crippen molar-refractivity contribution in [2.24, 2.45) is 0 Å². The van der Waals surface area contributed by atoms with Crippen LogP contribution in [-0.4, -0.2) is 36.4 Å². The highest BCUT2D eigenvalue weighted by Gasteiger charge is 2.16. The molecule has 0 saturated carbocycles. The van der Waals surface area contributed by atoms with Crippen molar-refractivity contribution < 1.29 is 24.2 Å². The van der Waals surface area contributed by atoms with Gasteiger partial charge < -0.3 is 14.6 Å². The summed E-state index contributed by atoms with van der Waals surface area (Å²) in [6, 6.07) is 0. The van der Waals surface area contributed by atoms with E-state index in [2.05, 4.69) is 74.6 Å². The maximum atomic E-state index is 12.3. The van der Waals surface area contributed by atoms with Gasteiger partial charge in [-0.1, -0.05) is 312 Å². The maximum absolute atomic E-state index is 12.3. The van der Waals surface area contributed by atoms with Crippen LogP contribution >= 0.6 is 0 Å². The molecule has 0 spiro atoms. The molecule has 0 aromatic carbocycles. The van der Waals surface area contributed by atoms with Crippen molar-refractivity contribution in [1.29, 1.82) is 0 Å². The summed E-state index contributed by atoms with van der Waals surface area (Å²) < 4.78 is 10.7. The molecule has 0 saturated heterocycles. The number of ether oxygens (including phenoxy) is 2. The fourth-order valence-electron chi connectivity index (χ4n) is 9.23. The van der Waals surface area contributed by atoms with Gasteiger partial charge in [0.15, 0.2) is 6.10 Å². The Labute approximate surface area is 436 Å². The Morgan fingerprint density at radius 2 is 0.614 bits per heavy atom. The van der Waals surface area contributed by atoms with Crippen LogP contribution in [0.2, 0.25) is 0 Å². The second-order valence-electron chi connectivity index (χ2n) is 20.8. The number of rotatable bonds is 57. The van der Waals surface area contributed by atoms with Crippen LogP contribution in [0.3, 0.4) is 0 Å². The Kier molecular flexibility index (Phi) is 58.8. The largest absolute Gasteiger partial charge is 0.462 e. The van der Waals surface area contributed by atoms with Gasteiger partial charge in [0.05, 0.1) is 6.61 Å². The fraction of sp³-hybridized carbons (Fsp3) is 0.815. The standard InChI is InChI=1S/C65H118O5/c1-3-5-7-9-11-13-15-17-19-21-23-25-26-27-28-29-30-31-32-33-34-35-36-37-38-40-42-44-46-48-50-52-54-56-58-60-65(68)70-63(61-66)62-69-64(67)59-57-55-53-51-49-47-45-43-41-39-24-22-20-18-16-14-12-10-8-6-4-2/h5,7,11,13,17,19,23,25,27-28,63,66H,3-4,6,8-10,12,14-16,18,20-22,24,26,29-62H2,1-2H3/b7-5-,13-11-,19-17-,25-23-,28-27-. The van der Waals surface area contributed by atoms with Crippen LogP contribution in [0.1, 0.15) is 322 Å². The monoisotopic (exact) mass is 979 g/mol. The van der Waals surface area contributed by atoms with Crippen molar-refractivity contribution in [3.8, 4) is 0 Å². The first kappa shape index (κ1) is 67.6. The molecule has 0 rings (SSSR count). The van der Waals surface area contributed by atoms with Crippen LogP contribution in [0, 0.1) is 0 Å². The van der Waals surface area contributed by atoms with E-state index in [0.29, 0.717) is 12.8 Å². The molecule has 0 aliphatic carbocycles. The molecule has 0 aliphatic rings. The van der Waals surface area contributed by atoms with Crippen molar-refractivity contribution in [2.45, 2.75) is 328 Å². The zero-order valence-corrected chi connectivity index (χ0v) is 46.8. The van der Waals surface area contributed by atoms with Crippen LogP contribution < -0.4 is 0 Å². The van der Waals surface area contributed by atoms with Gasteiger partial charge in [-0.15, -0.1) is 0 Å². The summed E-state index contributed by atoms with van der Waals surface area (Å²) in [6.45, 7) is 4.07. The molecule has 5 heteroatoms. The molecule has 70 heavy (non-hydrogen) atoms. The van der Waals surface area contributed by atoms with Gasteiger partial charge in [-0.05, 0) is 57.8 Å². The number of carbonyl (C=O) groups excluding carboxylic acids is 2. The van der Waals surface area contributed by atoms with Crippen molar-refractivity contribution in [1.82, 2.24) is 0 Å². The van der Waals surface area contributed by atoms with Gasteiger partial charge in [-0.3, -0.25) is 9.59 Å². The number of hydrogen-bond acceptors (Lipinski definition) is 5. The topological polar surface area (TPSA) is 72.8 Å². The van der Waals surface area contributed by atoms with E-state index in [1.54, 1.807) is 0 Å². The van der Waals surface area contributed by atoms with Gasteiger partial charge in [-0.2, -0.15) is 0 Å². The average molecular weight is 980 g/mol. The van der Waals surface area contributed by atoms with E-state index in [-0.39, 0.29) is 25.2 Å². The normalized spacial score (nSPS) is 12.6. The highest BCUT2D eigenvalue weighted by atomic mass is 16.6. The minimum Gasteiger partial charge on any atom is -0.462 e. The Morgan fingerprint density at radius 1 is 0.343 bits per heavy atom. The molecular formula is C65H118O5. The van der Waals surface area contributed by atoms with Crippen molar-refractivity contribution >= 4 is 11.9 Å². The van der Waals surface area contributed by atoms with Gasteiger partial charge in [0.2, 0.25) is 0 Å². The van der Waals surface area contributed by atoms with Crippen LogP contribution in [-0.2, 0) is 19.1 Å². The Morgan fingerprint density at radius 3 is 0.929 bits per heavy atom. The minimum absolute atomic E-state index is 0.0605. The van der Waals surface area contributed by atoms with Crippen LogP contribution in [0.15, 0.2) is 60.8 Å². The number of unbranched alkanes of at least 4 members (excludes halogenated alkanes) is 39. The summed E-state index contributed by atoms with van der Waals surface area (Å²) in [5.74, 6) is -0.571. The summed E-state index contributed by atoms with van der Waals surface area (Å²) in [5.41, 5.74) is 0. The first-order chi connectivity index (χ1) is 34.6. The van der Waals surface area contributed by atoms with E-state index in [1.807, 2.05) is 0 Å². The fourth-order valence-corrected chi connectivity index (χ4v) is 9.23. The molecule has 0 amide bonds. The van der Waals surface area contributed by atoms with Gasteiger partial charge in [-0.25, -0.2) is 0 Å². The van der Waals surface area contributed by atoms with Crippen LogP contribution in [0.25, 0.3) is 0 Å². The van der Waals surface area contributed by atoms with Gasteiger partial charge in [0, 0.05) is 12.8 Å². The average Bonchev–Trinajstić information content (AvgIpc) is 3.36. The molecule has 0 aliphatic heterocycles. The molecule has 408 valence electrons. The number of allylic oxidation sites excluding steroid dienone is 10. The van der Waals surface area contributed by atoms with Crippen LogP contribution in [0.5, 0.6) is 0 Å². The third-order valence-corrected chi connectivity index (χ3v) is 13.8. The van der Waals surface area contributed by atoms with Crippen molar-refractivity contribution in [3.05, 3.63) is 60.8 Å². The van der Waals surface area contributed by atoms with Gasteiger partial charge in [0.1, 0.15) is 6.61 Å². The molecule has 0 aromatic rings. The molecule has 0 bridgehead atoms. The SMILES string of the molecule is CC/C=C\C/C=C\C/C=C\C/C=C\C/C=C\CCCCCCCCCCCCCCCCCCCCCC(=O)OC(CO)COC(=O)CCCCCCCCCCCCCCCCCCCCCCC. The zero-order chi connectivity index (χ0) is 50.6. The quantitative estimate of drug-likeness (QED) is 0.0373. The van der Waals surface area contributed by atoms with E-state index >= 15 is 0 Å². The second-order valence-corrected chi connectivity index (χ2v) is 20.8. The van der Waals surface area contributed by atoms with E-state index < -0.39 is 6.10 Å². The molecule has 0 radical (unpaired) electrons. The maximum Gasteiger partial charge on any atom is 0.306 e. The summed E-state index contributed by atoms with van der Waals surface area (Å²) in [5, 5.41) is 9.67. The number of esters is 2. The van der Waals surface area contributed by atoms with E-state index in [4.69, 9.17) is 9.47 Å². The summed E-state index contributed by atoms with van der Waals surface area (Å²) in [4.78, 5) is 24.6. The lowest BCUT2D eigenvalue weighted by molar-refractivity contribution is -0.161. The highest BCUT2D eigenvalue weighted by Crippen LogP contribution is 2.18. The van der Waals surface area contributed by atoms with E-state index in [1.165, 1.54) is 231 Å².